The second-order valence-corrected chi connectivity index (χ2v) is 7.99. The summed E-state index contributed by atoms with van der Waals surface area (Å²) >= 11 is 3.77. The van der Waals surface area contributed by atoms with Crippen LogP contribution in [0.2, 0.25) is 0 Å². The number of nitrogens with zero attached hydrogens (tertiary/aromatic N) is 2. The van der Waals surface area contributed by atoms with Crippen molar-refractivity contribution in [3.63, 3.8) is 0 Å². The highest BCUT2D eigenvalue weighted by atomic mass is 79.9. The Morgan fingerprint density at radius 1 is 1.03 bits per heavy atom. The Hall–Kier alpha value is -3.12. The summed E-state index contributed by atoms with van der Waals surface area (Å²) in [7, 11) is 0. The zero-order valence-electron chi connectivity index (χ0n) is 17.7. The van der Waals surface area contributed by atoms with Crippen LogP contribution >= 0.6 is 15.9 Å². The van der Waals surface area contributed by atoms with Gasteiger partial charge >= 0.3 is 5.97 Å². The van der Waals surface area contributed by atoms with E-state index in [4.69, 9.17) is 4.74 Å². The molecule has 0 saturated heterocycles. The van der Waals surface area contributed by atoms with E-state index in [-0.39, 0.29) is 11.5 Å². The van der Waals surface area contributed by atoms with Gasteiger partial charge in [0.05, 0.1) is 33.5 Å². The van der Waals surface area contributed by atoms with Gasteiger partial charge in [-0.05, 0) is 66.5 Å². The highest BCUT2D eigenvalue weighted by molar-refractivity contribution is 9.10. The number of ether oxygens (including phenoxy) is 1. The molecule has 0 saturated carbocycles. The molecular formula is C25H23BrN2O3. The third-order valence-corrected chi connectivity index (χ3v) is 6.29. The molecule has 0 aliphatic heterocycles. The van der Waals surface area contributed by atoms with Gasteiger partial charge in [0, 0.05) is 23.7 Å². The van der Waals surface area contributed by atoms with Crippen LogP contribution in [0.1, 0.15) is 29.9 Å². The van der Waals surface area contributed by atoms with E-state index in [0.29, 0.717) is 18.7 Å². The fourth-order valence-corrected chi connectivity index (χ4v) is 4.63. The van der Waals surface area contributed by atoms with Gasteiger partial charge in [-0.15, -0.1) is 0 Å². The van der Waals surface area contributed by atoms with Crippen LogP contribution in [0.4, 0.5) is 0 Å². The van der Waals surface area contributed by atoms with Crippen molar-refractivity contribution in [2.24, 2.45) is 0 Å². The van der Waals surface area contributed by atoms with Gasteiger partial charge in [-0.3, -0.25) is 4.79 Å². The van der Waals surface area contributed by atoms with E-state index < -0.39 is 0 Å². The Bertz CT molecular complexity index is 1340. The Morgan fingerprint density at radius 2 is 1.77 bits per heavy atom. The molecule has 2 aromatic carbocycles. The van der Waals surface area contributed by atoms with Crippen molar-refractivity contribution in [2.75, 3.05) is 6.61 Å². The van der Waals surface area contributed by atoms with E-state index in [1.54, 1.807) is 17.6 Å². The largest absolute Gasteiger partial charge is 0.462 e. The highest BCUT2D eigenvalue weighted by Gasteiger charge is 2.22. The van der Waals surface area contributed by atoms with Gasteiger partial charge < -0.3 is 13.9 Å². The monoisotopic (exact) mass is 478 g/mol. The molecule has 158 valence electrons. The summed E-state index contributed by atoms with van der Waals surface area (Å²) in [6, 6.07) is 19.2. The lowest BCUT2D eigenvalue weighted by Crippen LogP contribution is -2.18. The standard InChI is InChI=1S/C25H23BrN2O3/c1-4-27-20-12-13-21(24(26)18(20)11-14-23(27)29)28-16(3)19(25(30)31-5-2)15-22(28)17-9-7-6-8-10-17/h6-15H,4-5H2,1-3H3. The molecule has 4 rings (SSSR count). The second kappa shape index (κ2) is 8.55. The quantitative estimate of drug-likeness (QED) is 0.344. The van der Waals surface area contributed by atoms with E-state index in [2.05, 4.69) is 20.5 Å². The smallest absolute Gasteiger partial charge is 0.339 e. The minimum absolute atomic E-state index is 0.0265. The van der Waals surface area contributed by atoms with Gasteiger partial charge in [-0.1, -0.05) is 30.3 Å². The molecule has 0 aliphatic carbocycles. The maximum absolute atomic E-state index is 12.6. The van der Waals surface area contributed by atoms with Gasteiger partial charge in [-0.2, -0.15) is 0 Å². The fourth-order valence-electron chi connectivity index (χ4n) is 3.98. The summed E-state index contributed by atoms with van der Waals surface area (Å²) in [4.78, 5) is 24.9. The number of hydrogen-bond donors (Lipinski definition) is 0. The maximum Gasteiger partial charge on any atom is 0.339 e. The fraction of sp³-hybridized carbons (Fsp3) is 0.200. The molecule has 0 fully saturated rings. The Balaban J connectivity index is 2.02. The highest BCUT2D eigenvalue weighted by Crippen LogP contribution is 2.36. The number of rotatable bonds is 5. The van der Waals surface area contributed by atoms with E-state index in [0.717, 1.165) is 38.0 Å². The molecule has 0 unspecified atom stereocenters. The van der Waals surface area contributed by atoms with Crippen LogP contribution in [0.15, 0.2) is 69.9 Å². The van der Waals surface area contributed by atoms with E-state index in [9.17, 15) is 9.59 Å². The summed E-state index contributed by atoms with van der Waals surface area (Å²) in [6.45, 7) is 6.58. The van der Waals surface area contributed by atoms with Crippen LogP contribution in [0.25, 0.3) is 27.8 Å². The van der Waals surface area contributed by atoms with Gasteiger partial charge in [0.2, 0.25) is 0 Å². The number of carbonyl (C=O) groups excluding carboxylic acids is 1. The number of aromatic nitrogens is 2. The number of fused-ring (bicyclic) bond motifs is 1. The number of hydrogen-bond acceptors (Lipinski definition) is 3. The van der Waals surface area contributed by atoms with E-state index in [1.807, 2.05) is 68.4 Å². The summed E-state index contributed by atoms with van der Waals surface area (Å²) in [5.74, 6) is -0.340. The molecule has 0 N–H and O–H groups in total. The summed E-state index contributed by atoms with van der Waals surface area (Å²) in [5, 5.41) is 0.934. The van der Waals surface area contributed by atoms with Crippen molar-refractivity contribution in [1.29, 1.82) is 0 Å². The second-order valence-electron chi connectivity index (χ2n) is 7.20. The number of aryl methyl sites for hydroxylation is 1. The third-order valence-electron chi connectivity index (χ3n) is 5.45. The lowest BCUT2D eigenvalue weighted by Gasteiger charge is -2.17. The van der Waals surface area contributed by atoms with Crippen LogP contribution in [-0.2, 0) is 11.3 Å². The Morgan fingerprint density at radius 3 is 2.45 bits per heavy atom. The van der Waals surface area contributed by atoms with Crippen LogP contribution < -0.4 is 5.56 Å². The molecular weight excluding hydrogens is 456 g/mol. The zero-order chi connectivity index (χ0) is 22.1. The van der Waals surface area contributed by atoms with Crippen molar-refractivity contribution >= 4 is 32.8 Å². The SMILES string of the molecule is CCOC(=O)c1cc(-c2ccccc2)n(-c2ccc3c(ccc(=O)n3CC)c2Br)c1C. The average molecular weight is 479 g/mol. The molecule has 2 heterocycles. The average Bonchev–Trinajstić information content (AvgIpc) is 3.12. The first kappa shape index (κ1) is 21.1. The van der Waals surface area contributed by atoms with Gasteiger partial charge in [0.15, 0.2) is 0 Å². The topological polar surface area (TPSA) is 53.2 Å². The first-order chi connectivity index (χ1) is 15.0. The molecule has 0 amide bonds. The van der Waals surface area contributed by atoms with Crippen molar-refractivity contribution in [3.8, 4) is 16.9 Å². The normalized spacial score (nSPS) is 11.1. The molecule has 0 radical (unpaired) electrons. The van der Waals surface area contributed by atoms with Crippen LogP contribution in [0.3, 0.4) is 0 Å². The molecule has 6 heteroatoms. The predicted molar refractivity (Wildman–Crippen MR) is 127 cm³/mol. The molecule has 0 aliphatic rings. The van der Waals surface area contributed by atoms with Crippen molar-refractivity contribution in [1.82, 2.24) is 9.13 Å². The first-order valence-corrected chi connectivity index (χ1v) is 11.0. The lowest BCUT2D eigenvalue weighted by molar-refractivity contribution is 0.0525. The Labute approximate surface area is 189 Å². The van der Waals surface area contributed by atoms with Crippen LogP contribution in [0, 0.1) is 6.92 Å². The zero-order valence-corrected chi connectivity index (χ0v) is 19.3. The van der Waals surface area contributed by atoms with Gasteiger partial charge in [0.25, 0.3) is 5.56 Å². The van der Waals surface area contributed by atoms with Crippen LogP contribution in [0.5, 0.6) is 0 Å². The molecule has 2 aromatic heterocycles. The van der Waals surface area contributed by atoms with Crippen molar-refractivity contribution in [3.05, 3.63) is 86.7 Å². The van der Waals surface area contributed by atoms with E-state index >= 15 is 0 Å². The number of benzene rings is 2. The van der Waals surface area contributed by atoms with Gasteiger partial charge in [-0.25, -0.2) is 4.79 Å². The molecule has 5 nitrogen and oxygen atoms in total. The summed E-state index contributed by atoms with van der Waals surface area (Å²) in [6.07, 6.45) is 0. The van der Waals surface area contributed by atoms with E-state index in [1.165, 1.54) is 0 Å². The summed E-state index contributed by atoms with van der Waals surface area (Å²) < 4.78 is 9.96. The lowest BCUT2D eigenvalue weighted by atomic mass is 10.1. The first-order valence-electron chi connectivity index (χ1n) is 10.2. The number of halogens is 1. The van der Waals surface area contributed by atoms with Gasteiger partial charge in [0.1, 0.15) is 0 Å². The minimum Gasteiger partial charge on any atom is -0.462 e. The van der Waals surface area contributed by atoms with Crippen molar-refractivity contribution in [2.45, 2.75) is 27.3 Å². The summed E-state index contributed by atoms with van der Waals surface area (Å²) in [5.41, 5.74) is 4.94. The maximum atomic E-state index is 12.6. The van der Waals surface area contributed by atoms with Crippen molar-refractivity contribution < 1.29 is 9.53 Å². The minimum atomic E-state index is -0.340. The number of esters is 1. The third kappa shape index (κ3) is 3.61. The molecule has 0 spiro atoms. The number of pyridine rings is 1. The molecule has 31 heavy (non-hydrogen) atoms. The molecule has 4 aromatic rings. The Kier molecular flexibility index (Phi) is 5.83. The van der Waals surface area contributed by atoms with Crippen LogP contribution in [-0.4, -0.2) is 21.7 Å². The predicted octanol–water partition coefficient (Wildman–Crippen LogP) is 5.73. The molecule has 0 atom stereocenters. The number of carbonyl (C=O) groups is 1. The molecule has 0 bridgehead atoms.